The first-order chi connectivity index (χ1) is 7.60. The van der Waals surface area contributed by atoms with Crippen LogP contribution in [-0.4, -0.2) is 24.7 Å². The van der Waals surface area contributed by atoms with Crippen molar-refractivity contribution in [1.29, 1.82) is 0 Å². The molecule has 1 atom stereocenters. The van der Waals surface area contributed by atoms with E-state index in [9.17, 15) is 9.18 Å². The van der Waals surface area contributed by atoms with E-state index in [-0.39, 0.29) is 13.2 Å². The third kappa shape index (κ3) is 2.77. The average Bonchev–Trinajstić information content (AvgIpc) is 2.23. The van der Waals surface area contributed by atoms with Crippen LogP contribution in [0.4, 0.5) is 4.39 Å². The lowest BCUT2D eigenvalue weighted by Gasteiger charge is -2.12. The van der Waals surface area contributed by atoms with Crippen LogP contribution in [0.5, 0.6) is 0 Å². The highest BCUT2D eigenvalue weighted by molar-refractivity contribution is 5.76. The van der Waals surface area contributed by atoms with Gasteiger partial charge >= 0.3 is 5.97 Å². The first-order valence-corrected chi connectivity index (χ1v) is 4.80. The molecule has 16 heavy (non-hydrogen) atoms. The lowest BCUT2D eigenvalue weighted by atomic mass is 9.97. The molecule has 88 valence electrons. The van der Waals surface area contributed by atoms with Crippen molar-refractivity contribution >= 4 is 5.97 Å². The van der Waals surface area contributed by atoms with Gasteiger partial charge in [-0.3, -0.25) is 4.79 Å². The van der Waals surface area contributed by atoms with Crippen LogP contribution in [0.1, 0.15) is 17.0 Å². The fraction of sp³-hybridized carbons (Fsp3) is 0.364. The molecule has 0 aromatic heterocycles. The van der Waals surface area contributed by atoms with Crippen molar-refractivity contribution in [3.63, 3.8) is 0 Å². The maximum atomic E-state index is 13.3. The Morgan fingerprint density at radius 3 is 2.81 bits per heavy atom. The van der Waals surface area contributed by atoms with Crippen molar-refractivity contribution in [2.45, 2.75) is 12.5 Å². The highest BCUT2D eigenvalue weighted by Gasteiger charge is 2.19. The van der Waals surface area contributed by atoms with Crippen molar-refractivity contribution in [3.8, 4) is 0 Å². The van der Waals surface area contributed by atoms with Gasteiger partial charge in [0, 0.05) is 19.2 Å². The summed E-state index contributed by atoms with van der Waals surface area (Å²) in [5.41, 5.74) is 6.18. The molecule has 0 saturated carbocycles. The fourth-order valence-corrected chi connectivity index (χ4v) is 1.46. The number of nitrogens with two attached hydrogens (primary N) is 1. The number of carboxylic acids is 1. The van der Waals surface area contributed by atoms with Crippen molar-refractivity contribution in [2.24, 2.45) is 5.73 Å². The molecule has 1 unspecified atom stereocenters. The second-order valence-electron chi connectivity index (χ2n) is 3.41. The number of rotatable bonds is 5. The van der Waals surface area contributed by atoms with Crippen LogP contribution in [0.25, 0.3) is 0 Å². The Labute approximate surface area is 92.8 Å². The normalized spacial score (nSPS) is 12.4. The van der Waals surface area contributed by atoms with Crippen molar-refractivity contribution in [3.05, 3.63) is 35.1 Å². The number of carboxylic acid groups (broad SMARTS) is 1. The van der Waals surface area contributed by atoms with Gasteiger partial charge in [0.1, 0.15) is 5.82 Å². The lowest BCUT2D eigenvalue weighted by molar-refractivity contribution is -0.138. The standard InChI is InChI=1S/C11H14FNO3/c1-16-6-8-4-7(2-3-10(8)12)9(5-13)11(14)15/h2-4,9H,5-6,13H2,1H3,(H,14,15). The van der Waals surface area contributed by atoms with Gasteiger partial charge in [0.05, 0.1) is 12.5 Å². The van der Waals surface area contributed by atoms with Crippen LogP contribution >= 0.6 is 0 Å². The second kappa shape index (κ2) is 5.58. The van der Waals surface area contributed by atoms with E-state index in [1.807, 2.05) is 0 Å². The predicted octanol–water partition coefficient (Wildman–Crippen LogP) is 1.10. The van der Waals surface area contributed by atoms with Gasteiger partial charge in [-0.25, -0.2) is 4.39 Å². The topological polar surface area (TPSA) is 72.5 Å². The molecule has 0 heterocycles. The van der Waals surface area contributed by atoms with E-state index >= 15 is 0 Å². The van der Waals surface area contributed by atoms with E-state index in [0.29, 0.717) is 11.1 Å². The number of methoxy groups -OCH3 is 1. The van der Waals surface area contributed by atoms with Gasteiger partial charge in [-0.05, 0) is 17.7 Å². The van der Waals surface area contributed by atoms with Crippen LogP contribution in [-0.2, 0) is 16.1 Å². The smallest absolute Gasteiger partial charge is 0.312 e. The summed E-state index contributed by atoms with van der Waals surface area (Å²) in [6.07, 6.45) is 0. The molecule has 4 nitrogen and oxygen atoms in total. The van der Waals surface area contributed by atoms with Crippen molar-refractivity contribution in [2.75, 3.05) is 13.7 Å². The third-order valence-corrected chi connectivity index (χ3v) is 2.31. The van der Waals surface area contributed by atoms with E-state index in [4.69, 9.17) is 15.6 Å². The van der Waals surface area contributed by atoms with Crippen LogP contribution < -0.4 is 5.73 Å². The predicted molar refractivity (Wildman–Crippen MR) is 56.5 cm³/mol. The van der Waals surface area contributed by atoms with Gasteiger partial charge in [-0.15, -0.1) is 0 Å². The molecule has 0 bridgehead atoms. The number of carbonyl (C=O) groups is 1. The summed E-state index contributed by atoms with van der Waals surface area (Å²) in [5, 5.41) is 8.91. The zero-order valence-electron chi connectivity index (χ0n) is 8.94. The zero-order chi connectivity index (χ0) is 12.1. The maximum absolute atomic E-state index is 13.3. The minimum Gasteiger partial charge on any atom is -0.481 e. The molecule has 3 N–H and O–H groups in total. The van der Waals surface area contributed by atoms with Crippen LogP contribution in [0, 0.1) is 5.82 Å². The number of hydrogen-bond acceptors (Lipinski definition) is 3. The van der Waals surface area contributed by atoms with Crippen molar-refractivity contribution in [1.82, 2.24) is 0 Å². The molecule has 0 aliphatic heterocycles. The summed E-state index contributed by atoms with van der Waals surface area (Å²) >= 11 is 0. The minimum atomic E-state index is -1.02. The molecule has 0 amide bonds. The third-order valence-electron chi connectivity index (χ3n) is 2.31. The van der Waals surface area contributed by atoms with Gasteiger partial charge in [-0.1, -0.05) is 6.07 Å². The highest BCUT2D eigenvalue weighted by atomic mass is 19.1. The summed E-state index contributed by atoms with van der Waals surface area (Å²) in [7, 11) is 1.45. The minimum absolute atomic E-state index is 0.0204. The number of benzene rings is 1. The number of hydrogen-bond donors (Lipinski definition) is 2. The molecule has 1 aromatic carbocycles. The Kier molecular flexibility index (Phi) is 4.39. The van der Waals surface area contributed by atoms with Crippen LogP contribution in [0.3, 0.4) is 0 Å². The first-order valence-electron chi connectivity index (χ1n) is 4.80. The Bertz CT molecular complexity index is 381. The fourth-order valence-electron chi connectivity index (χ4n) is 1.46. The van der Waals surface area contributed by atoms with Gasteiger partial charge in [0.25, 0.3) is 0 Å². The molecular weight excluding hydrogens is 213 g/mol. The number of halogens is 1. The van der Waals surface area contributed by atoms with E-state index in [2.05, 4.69) is 0 Å². The Morgan fingerprint density at radius 2 is 2.31 bits per heavy atom. The van der Waals surface area contributed by atoms with Gasteiger partial charge < -0.3 is 15.6 Å². The highest BCUT2D eigenvalue weighted by Crippen LogP contribution is 2.19. The van der Waals surface area contributed by atoms with E-state index in [0.717, 1.165) is 0 Å². The van der Waals surface area contributed by atoms with E-state index < -0.39 is 17.7 Å². The van der Waals surface area contributed by atoms with Crippen LogP contribution in [0.2, 0.25) is 0 Å². The molecule has 0 radical (unpaired) electrons. The van der Waals surface area contributed by atoms with Gasteiger partial charge in [-0.2, -0.15) is 0 Å². The number of ether oxygens (including phenoxy) is 1. The quantitative estimate of drug-likeness (QED) is 0.790. The Morgan fingerprint density at radius 1 is 1.62 bits per heavy atom. The molecular formula is C11H14FNO3. The van der Waals surface area contributed by atoms with E-state index in [1.54, 1.807) is 0 Å². The zero-order valence-corrected chi connectivity index (χ0v) is 8.94. The molecule has 0 aliphatic carbocycles. The Balaban J connectivity index is 3.05. The molecule has 1 aromatic rings. The first kappa shape index (κ1) is 12.6. The molecule has 0 aliphatic rings. The van der Waals surface area contributed by atoms with Gasteiger partial charge in [0.2, 0.25) is 0 Å². The molecule has 0 saturated heterocycles. The lowest BCUT2D eigenvalue weighted by Crippen LogP contribution is -2.21. The largest absolute Gasteiger partial charge is 0.481 e. The average molecular weight is 227 g/mol. The summed E-state index contributed by atoms with van der Waals surface area (Å²) in [4.78, 5) is 10.9. The monoisotopic (exact) mass is 227 g/mol. The summed E-state index contributed by atoms with van der Waals surface area (Å²) in [6.45, 7) is 0.0873. The molecule has 0 spiro atoms. The van der Waals surface area contributed by atoms with Crippen LogP contribution in [0.15, 0.2) is 18.2 Å². The van der Waals surface area contributed by atoms with E-state index in [1.165, 1.54) is 25.3 Å². The number of aliphatic carboxylic acids is 1. The van der Waals surface area contributed by atoms with Crippen molar-refractivity contribution < 1.29 is 19.0 Å². The maximum Gasteiger partial charge on any atom is 0.312 e. The molecule has 0 fully saturated rings. The summed E-state index contributed by atoms with van der Waals surface area (Å²) < 4.78 is 18.1. The summed E-state index contributed by atoms with van der Waals surface area (Å²) in [6, 6.07) is 4.14. The Hall–Kier alpha value is -1.46. The molecule has 5 heteroatoms. The summed E-state index contributed by atoms with van der Waals surface area (Å²) in [5.74, 6) is -2.24. The van der Waals surface area contributed by atoms with Gasteiger partial charge in [0.15, 0.2) is 0 Å². The SMILES string of the molecule is COCc1cc(C(CN)C(=O)O)ccc1F. The second-order valence-corrected chi connectivity index (χ2v) is 3.41. The molecule has 1 rings (SSSR count).